The van der Waals surface area contributed by atoms with Crippen LogP contribution in [0.25, 0.3) is 11.4 Å². The van der Waals surface area contributed by atoms with E-state index in [0.717, 1.165) is 19.4 Å². The molecule has 6 heteroatoms. The Hall–Kier alpha value is -2.24. The van der Waals surface area contributed by atoms with Crippen molar-refractivity contribution in [2.45, 2.75) is 32.6 Å². The number of nitrogens with zero attached hydrogens (tertiary/aromatic N) is 3. The van der Waals surface area contributed by atoms with E-state index in [2.05, 4.69) is 10.1 Å². The zero-order valence-corrected chi connectivity index (χ0v) is 13.3. The Labute approximate surface area is 134 Å². The Balaban J connectivity index is 1.74. The van der Waals surface area contributed by atoms with Crippen LogP contribution in [0.15, 0.2) is 28.8 Å². The van der Waals surface area contributed by atoms with E-state index in [0.29, 0.717) is 23.8 Å². The minimum Gasteiger partial charge on any atom is -0.342 e. The maximum Gasteiger partial charge on any atom is 0.231 e. The molecule has 2 heterocycles. The number of hydrogen-bond donors (Lipinski definition) is 0. The van der Waals surface area contributed by atoms with E-state index in [9.17, 15) is 9.18 Å². The molecule has 1 aromatic heterocycles. The summed E-state index contributed by atoms with van der Waals surface area (Å²) in [6.07, 6.45) is 1.85. The molecule has 1 amide bonds. The summed E-state index contributed by atoms with van der Waals surface area (Å²) in [7, 11) is 0. The molecule has 2 aromatic rings. The highest BCUT2D eigenvalue weighted by Gasteiger charge is 2.29. The van der Waals surface area contributed by atoms with Crippen molar-refractivity contribution in [1.82, 2.24) is 15.0 Å². The second-order valence-corrected chi connectivity index (χ2v) is 6.24. The summed E-state index contributed by atoms with van der Waals surface area (Å²) in [6, 6.07) is 5.99. The normalized spacial score (nSPS) is 18.4. The lowest BCUT2D eigenvalue weighted by molar-refractivity contribution is -0.135. The summed E-state index contributed by atoms with van der Waals surface area (Å²) in [5.41, 5.74) is 0.715. The molecule has 5 nitrogen and oxygen atoms in total. The van der Waals surface area contributed by atoms with Crippen molar-refractivity contribution >= 4 is 5.91 Å². The van der Waals surface area contributed by atoms with Crippen molar-refractivity contribution in [2.75, 3.05) is 13.1 Å². The van der Waals surface area contributed by atoms with Gasteiger partial charge in [-0.25, -0.2) is 4.39 Å². The second-order valence-electron chi connectivity index (χ2n) is 6.24. The highest BCUT2D eigenvalue weighted by Crippen LogP contribution is 2.28. The van der Waals surface area contributed by atoms with Gasteiger partial charge in [0, 0.05) is 24.6 Å². The second kappa shape index (κ2) is 6.48. The van der Waals surface area contributed by atoms with E-state index in [-0.39, 0.29) is 23.6 Å². The van der Waals surface area contributed by atoms with Crippen molar-refractivity contribution in [3.8, 4) is 11.4 Å². The number of halogens is 1. The van der Waals surface area contributed by atoms with Crippen molar-refractivity contribution < 1.29 is 13.7 Å². The third-order valence-electron chi connectivity index (χ3n) is 4.12. The topological polar surface area (TPSA) is 59.2 Å². The van der Waals surface area contributed by atoms with E-state index in [1.54, 1.807) is 12.1 Å². The molecular weight excluding hydrogens is 297 g/mol. The number of rotatable bonds is 3. The number of hydrogen-bond acceptors (Lipinski definition) is 4. The van der Waals surface area contributed by atoms with Gasteiger partial charge in [0.2, 0.25) is 17.6 Å². The summed E-state index contributed by atoms with van der Waals surface area (Å²) >= 11 is 0. The van der Waals surface area contributed by atoms with Gasteiger partial charge in [-0.2, -0.15) is 4.98 Å². The molecule has 1 saturated heterocycles. The lowest BCUT2D eigenvalue weighted by atomic mass is 9.97. The average molecular weight is 317 g/mol. The van der Waals surface area contributed by atoms with Gasteiger partial charge >= 0.3 is 0 Å². The third kappa shape index (κ3) is 3.41. The molecule has 1 aliphatic rings. The summed E-state index contributed by atoms with van der Waals surface area (Å²) in [5.74, 6) is 0.915. The molecule has 1 atom stereocenters. The molecule has 1 unspecified atom stereocenters. The summed E-state index contributed by atoms with van der Waals surface area (Å²) in [6.45, 7) is 5.21. The smallest absolute Gasteiger partial charge is 0.231 e. The van der Waals surface area contributed by atoms with Crippen LogP contribution >= 0.6 is 0 Å². The highest BCUT2D eigenvalue weighted by molar-refractivity contribution is 5.78. The number of likely N-dealkylation sites (tertiary alicyclic amines) is 1. The molecule has 1 aromatic carbocycles. The maximum absolute atomic E-state index is 13.0. The number of amides is 1. The van der Waals surface area contributed by atoms with E-state index < -0.39 is 0 Å². The molecule has 0 saturated carbocycles. The SMILES string of the molecule is CC(C)C(=O)N1CCCC(c2nc(-c3ccc(F)cc3)no2)C1. The molecule has 0 N–H and O–H groups in total. The number of benzene rings is 1. The number of carbonyl (C=O) groups excluding carboxylic acids is 1. The van der Waals surface area contributed by atoms with Gasteiger partial charge in [0.1, 0.15) is 5.82 Å². The Morgan fingerprint density at radius 2 is 2.09 bits per heavy atom. The van der Waals surface area contributed by atoms with Gasteiger partial charge in [-0.05, 0) is 37.1 Å². The third-order valence-corrected chi connectivity index (χ3v) is 4.12. The predicted octanol–water partition coefficient (Wildman–Crippen LogP) is 3.24. The predicted molar refractivity (Wildman–Crippen MR) is 83.1 cm³/mol. The summed E-state index contributed by atoms with van der Waals surface area (Å²) in [5, 5.41) is 3.98. The monoisotopic (exact) mass is 317 g/mol. The first-order chi connectivity index (χ1) is 11.0. The van der Waals surface area contributed by atoms with Crippen molar-refractivity contribution in [2.24, 2.45) is 5.92 Å². The zero-order chi connectivity index (χ0) is 16.4. The standard InChI is InChI=1S/C17H20FN3O2/c1-11(2)17(22)21-9-3-4-13(10-21)16-19-15(20-23-16)12-5-7-14(18)8-6-12/h5-8,11,13H,3-4,9-10H2,1-2H3. The Kier molecular flexibility index (Phi) is 4.41. The lowest BCUT2D eigenvalue weighted by Gasteiger charge is -2.32. The van der Waals surface area contributed by atoms with E-state index in [1.165, 1.54) is 12.1 Å². The van der Waals surface area contributed by atoms with Crippen LogP contribution in [0.3, 0.4) is 0 Å². The van der Waals surface area contributed by atoms with Gasteiger partial charge < -0.3 is 9.42 Å². The summed E-state index contributed by atoms with van der Waals surface area (Å²) < 4.78 is 18.4. The molecule has 0 aliphatic carbocycles. The number of carbonyl (C=O) groups is 1. The minimum atomic E-state index is -0.299. The van der Waals surface area contributed by atoms with Crippen molar-refractivity contribution in [3.63, 3.8) is 0 Å². The van der Waals surface area contributed by atoms with Crippen LogP contribution in [-0.4, -0.2) is 34.0 Å². The van der Waals surface area contributed by atoms with Gasteiger partial charge in [-0.15, -0.1) is 0 Å². The first-order valence-corrected chi connectivity index (χ1v) is 7.93. The fourth-order valence-electron chi connectivity index (χ4n) is 2.86. The van der Waals surface area contributed by atoms with Gasteiger partial charge in [-0.3, -0.25) is 4.79 Å². The molecule has 3 rings (SSSR count). The fourth-order valence-corrected chi connectivity index (χ4v) is 2.86. The zero-order valence-electron chi connectivity index (χ0n) is 13.3. The summed E-state index contributed by atoms with van der Waals surface area (Å²) in [4.78, 5) is 18.5. The number of piperidine rings is 1. The van der Waals surface area contributed by atoms with Crippen molar-refractivity contribution in [3.05, 3.63) is 36.0 Å². The van der Waals surface area contributed by atoms with Crippen LogP contribution in [0, 0.1) is 11.7 Å². The fraction of sp³-hybridized carbons (Fsp3) is 0.471. The molecule has 0 radical (unpaired) electrons. The first kappa shape index (κ1) is 15.6. The van der Waals surface area contributed by atoms with E-state index >= 15 is 0 Å². The Bertz CT molecular complexity index is 681. The van der Waals surface area contributed by atoms with Crippen LogP contribution in [-0.2, 0) is 4.79 Å². The largest absolute Gasteiger partial charge is 0.342 e. The van der Waals surface area contributed by atoms with E-state index in [1.807, 2.05) is 18.7 Å². The van der Waals surface area contributed by atoms with E-state index in [4.69, 9.17) is 4.52 Å². The van der Waals surface area contributed by atoms with Crippen LogP contribution in [0.4, 0.5) is 4.39 Å². The molecule has 23 heavy (non-hydrogen) atoms. The Morgan fingerprint density at radius 3 is 2.78 bits per heavy atom. The minimum absolute atomic E-state index is 0.00814. The Morgan fingerprint density at radius 1 is 1.35 bits per heavy atom. The lowest BCUT2D eigenvalue weighted by Crippen LogP contribution is -2.41. The molecular formula is C17H20FN3O2. The molecule has 1 aliphatic heterocycles. The average Bonchev–Trinajstić information content (AvgIpc) is 3.05. The molecule has 0 bridgehead atoms. The van der Waals surface area contributed by atoms with Crippen LogP contribution in [0.2, 0.25) is 0 Å². The molecule has 1 fully saturated rings. The molecule has 0 spiro atoms. The quantitative estimate of drug-likeness (QED) is 0.872. The first-order valence-electron chi connectivity index (χ1n) is 7.93. The van der Waals surface area contributed by atoms with Crippen LogP contribution in [0.1, 0.15) is 38.5 Å². The highest BCUT2D eigenvalue weighted by atomic mass is 19.1. The van der Waals surface area contributed by atoms with Gasteiger partial charge in [0.05, 0.1) is 5.92 Å². The van der Waals surface area contributed by atoms with Gasteiger partial charge in [0.25, 0.3) is 0 Å². The van der Waals surface area contributed by atoms with Crippen LogP contribution < -0.4 is 0 Å². The van der Waals surface area contributed by atoms with Crippen LogP contribution in [0.5, 0.6) is 0 Å². The maximum atomic E-state index is 13.0. The van der Waals surface area contributed by atoms with Crippen molar-refractivity contribution in [1.29, 1.82) is 0 Å². The van der Waals surface area contributed by atoms with Gasteiger partial charge in [0.15, 0.2) is 0 Å². The number of aromatic nitrogens is 2. The molecule has 122 valence electrons. The van der Waals surface area contributed by atoms with Gasteiger partial charge in [-0.1, -0.05) is 19.0 Å².